The summed E-state index contributed by atoms with van der Waals surface area (Å²) in [6.45, 7) is 3.76. The molecule has 2 amide bonds. The standard InChI is InChI=1S/C13H14N2O3S/c1-12-7-3-4-8(18-7)13(12,2)10(17)15(9(12)16)11-14-5-6-19-11/h5-8H,3-4H2,1-2H3/t7-,8+,12-,13-/m1/s1. The number of hydrogen-bond donors (Lipinski definition) is 0. The lowest BCUT2D eigenvalue weighted by atomic mass is 9.59. The highest BCUT2D eigenvalue weighted by atomic mass is 32.1. The number of rotatable bonds is 1. The van der Waals surface area contributed by atoms with Crippen molar-refractivity contribution in [2.24, 2.45) is 10.8 Å². The summed E-state index contributed by atoms with van der Waals surface area (Å²) in [6, 6.07) is 0. The molecule has 3 aliphatic rings. The third-order valence-electron chi connectivity index (χ3n) is 5.29. The summed E-state index contributed by atoms with van der Waals surface area (Å²) in [7, 11) is 0. The van der Waals surface area contributed by atoms with Crippen molar-refractivity contribution in [3.8, 4) is 0 Å². The number of aromatic nitrogens is 1. The van der Waals surface area contributed by atoms with Crippen molar-refractivity contribution < 1.29 is 14.3 Å². The molecule has 0 aliphatic carbocycles. The molecule has 0 radical (unpaired) electrons. The Balaban J connectivity index is 1.90. The lowest BCUT2D eigenvalue weighted by Crippen LogP contribution is -2.48. The number of anilines is 1. The van der Waals surface area contributed by atoms with Crippen molar-refractivity contribution in [1.82, 2.24) is 4.98 Å². The number of ether oxygens (including phenoxy) is 1. The van der Waals surface area contributed by atoms with Crippen LogP contribution in [0.4, 0.5) is 5.13 Å². The van der Waals surface area contributed by atoms with Crippen LogP contribution in [-0.2, 0) is 14.3 Å². The van der Waals surface area contributed by atoms with Crippen LogP contribution in [0, 0.1) is 10.8 Å². The maximum Gasteiger partial charge on any atom is 0.245 e. The molecule has 19 heavy (non-hydrogen) atoms. The third kappa shape index (κ3) is 1.02. The molecule has 4 atom stereocenters. The average Bonchev–Trinajstić information content (AvgIpc) is 3.11. The maximum absolute atomic E-state index is 12.8. The van der Waals surface area contributed by atoms with Gasteiger partial charge in [0.15, 0.2) is 5.13 Å². The van der Waals surface area contributed by atoms with Gasteiger partial charge >= 0.3 is 0 Å². The van der Waals surface area contributed by atoms with Crippen LogP contribution in [0.2, 0.25) is 0 Å². The Morgan fingerprint density at radius 3 is 2.32 bits per heavy atom. The summed E-state index contributed by atoms with van der Waals surface area (Å²) in [4.78, 5) is 31.0. The predicted molar refractivity (Wildman–Crippen MR) is 68.7 cm³/mol. The molecule has 4 heterocycles. The topological polar surface area (TPSA) is 59.5 Å². The first-order chi connectivity index (χ1) is 9.01. The quantitative estimate of drug-likeness (QED) is 0.732. The first kappa shape index (κ1) is 11.5. The number of imide groups is 1. The number of hydrogen-bond acceptors (Lipinski definition) is 5. The van der Waals surface area contributed by atoms with Gasteiger partial charge in [0.1, 0.15) is 0 Å². The van der Waals surface area contributed by atoms with Gasteiger partial charge in [-0.15, -0.1) is 11.3 Å². The molecule has 0 saturated carbocycles. The first-order valence-corrected chi connectivity index (χ1v) is 7.33. The normalized spacial score (nSPS) is 44.2. The van der Waals surface area contributed by atoms with Crippen LogP contribution in [-0.4, -0.2) is 29.0 Å². The lowest BCUT2D eigenvalue weighted by molar-refractivity contribution is -0.132. The summed E-state index contributed by atoms with van der Waals surface area (Å²) >= 11 is 1.32. The smallest absolute Gasteiger partial charge is 0.245 e. The molecule has 0 N–H and O–H groups in total. The van der Waals surface area contributed by atoms with Gasteiger partial charge in [-0.1, -0.05) is 0 Å². The summed E-state index contributed by atoms with van der Waals surface area (Å²) in [6.07, 6.45) is 3.07. The first-order valence-electron chi connectivity index (χ1n) is 6.45. The highest BCUT2D eigenvalue weighted by molar-refractivity contribution is 7.14. The molecule has 100 valence electrons. The minimum Gasteiger partial charge on any atom is -0.373 e. The minimum atomic E-state index is -0.737. The summed E-state index contributed by atoms with van der Waals surface area (Å²) in [5.74, 6) is -0.302. The minimum absolute atomic E-state index is 0.135. The molecular weight excluding hydrogens is 264 g/mol. The fourth-order valence-electron chi connectivity index (χ4n) is 3.93. The Kier molecular flexibility index (Phi) is 1.97. The highest BCUT2D eigenvalue weighted by Gasteiger charge is 2.77. The van der Waals surface area contributed by atoms with Crippen LogP contribution in [0.3, 0.4) is 0 Å². The van der Waals surface area contributed by atoms with Crippen LogP contribution in [0.25, 0.3) is 0 Å². The van der Waals surface area contributed by atoms with E-state index in [0.29, 0.717) is 5.13 Å². The lowest BCUT2D eigenvalue weighted by Gasteiger charge is -2.36. The van der Waals surface area contributed by atoms with Crippen molar-refractivity contribution in [3.63, 3.8) is 0 Å². The third-order valence-corrected chi connectivity index (χ3v) is 6.05. The molecule has 3 fully saturated rings. The molecule has 4 rings (SSSR count). The predicted octanol–water partition coefficient (Wildman–Crippen LogP) is 1.59. The highest BCUT2D eigenvalue weighted by Crippen LogP contribution is 2.64. The number of nitrogens with zero attached hydrogens (tertiary/aromatic N) is 2. The van der Waals surface area contributed by atoms with Crippen molar-refractivity contribution in [2.75, 3.05) is 4.90 Å². The molecule has 2 bridgehead atoms. The molecular formula is C13H14N2O3S. The zero-order valence-electron chi connectivity index (χ0n) is 10.8. The zero-order chi connectivity index (χ0) is 13.4. The van der Waals surface area contributed by atoms with Gasteiger partial charge in [-0.2, -0.15) is 0 Å². The molecule has 1 aromatic heterocycles. The van der Waals surface area contributed by atoms with E-state index in [1.807, 2.05) is 13.8 Å². The monoisotopic (exact) mass is 278 g/mol. The van der Waals surface area contributed by atoms with E-state index in [0.717, 1.165) is 12.8 Å². The van der Waals surface area contributed by atoms with Gasteiger partial charge in [0.2, 0.25) is 11.8 Å². The van der Waals surface area contributed by atoms with Gasteiger partial charge in [0.25, 0.3) is 0 Å². The van der Waals surface area contributed by atoms with E-state index in [1.54, 1.807) is 11.6 Å². The molecule has 0 unspecified atom stereocenters. The van der Waals surface area contributed by atoms with Crippen LogP contribution in [0.15, 0.2) is 11.6 Å². The summed E-state index contributed by atoms with van der Waals surface area (Å²) in [5, 5.41) is 2.26. The largest absolute Gasteiger partial charge is 0.373 e. The Labute approximate surface area is 114 Å². The van der Waals surface area contributed by atoms with E-state index in [1.165, 1.54) is 16.2 Å². The maximum atomic E-state index is 12.8. The van der Waals surface area contributed by atoms with Gasteiger partial charge in [-0.25, -0.2) is 9.88 Å². The van der Waals surface area contributed by atoms with Gasteiger partial charge in [-0.3, -0.25) is 9.59 Å². The van der Waals surface area contributed by atoms with Gasteiger partial charge < -0.3 is 4.74 Å². The second-order valence-electron chi connectivity index (χ2n) is 5.86. The molecule has 1 aromatic rings. The number of thiazole rings is 1. The van der Waals surface area contributed by atoms with Crippen LogP contribution >= 0.6 is 11.3 Å². The van der Waals surface area contributed by atoms with E-state index < -0.39 is 10.8 Å². The summed E-state index contributed by atoms with van der Waals surface area (Å²) < 4.78 is 5.87. The molecule has 3 saturated heterocycles. The van der Waals surface area contributed by atoms with Crippen molar-refractivity contribution in [2.45, 2.75) is 38.9 Å². The second kappa shape index (κ2) is 3.24. The Hall–Kier alpha value is -1.27. The molecule has 0 aromatic carbocycles. The molecule has 5 nitrogen and oxygen atoms in total. The van der Waals surface area contributed by atoms with E-state index >= 15 is 0 Å². The summed E-state index contributed by atoms with van der Waals surface area (Å²) in [5.41, 5.74) is -1.47. The van der Waals surface area contributed by atoms with E-state index in [9.17, 15) is 9.59 Å². The Bertz CT molecular complexity index is 553. The average molecular weight is 278 g/mol. The van der Waals surface area contributed by atoms with Crippen molar-refractivity contribution in [3.05, 3.63) is 11.6 Å². The fourth-order valence-corrected chi connectivity index (χ4v) is 4.57. The zero-order valence-corrected chi connectivity index (χ0v) is 11.6. The molecule has 0 spiro atoms. The van der Waals surface area contributed by atoms with Crippen molar-refractivity contribution in [1.29, 1.82) is 0 Å². The van der Waals surface area contributed by atoms with E-state index in [4.69, 9.17) is 4.74 Å². The van der Waals surface area contributed by atoms with Gasteiger partial charge in [0.05, 0.1) is 23.0 Å². The van der Waals surface area contributed by atoms with E-state index in [-0.39, 0.29) is 24.0 Å². The van der Waals surface area contributed by atoms with Crippen LogP contribution < -0.4 is 4.90 Å². The number of carbonyl (C=O) groups is 2. The van der Waals surface area contributed by atoms with Gasteiger partial charge in [0, 0.05) is 11.6 Å². The van der Waals surface area contributed by atoms with Crippen LogP contribution in [0.1, 0.15) is 26.7 Å². The Morgan fingerprint density at radius 2 is 1.84 bits per heavy atom. The van der Waals surface area contributed by atoms with Crippen LogP contribution in [0.5, 0.6) is 0 Å². The fraction of sp³-hybridized carbons (Fsp3) is 0.615. The van der Waals surface area contributed by atoms with E-state index in [2.05, 4.69) is 4.98 Å². The Morgan fingerprint density at radius 1 is 1.26 bits per heavy atom. The number of fused-ring (bicyclic) bond motifs is 5. The SMILES string of the molecule is C[C@@]12C(=O)N(c3nccs3)C(=O)[C@@]1(C)[C@H]1CC[C@@H]2O1. The second-order valence-corrected chi connectivity index (χ2v) is 6.73. The van der Waals surface area contributed by atoms with Gasteiger partial charge in [-0.05, 0) is 26.7 Å². The molecule has 3 aliphatic heterocycles. The van der Waals surface area contributed by atoms with Crippen molar-refractivity contribution >= 4 is 28.3 Å². The molecule has 6 heteroatoms. The number of amides is 2. The number of carbonyl (C=O) groups excluding carboxylic acids is 2.